The average molecular weight is 973 g/mol. The Morgan fingerprint density at radius 2 is 1.83 bits per heavy atom. The molecule has 3 aromatic heterocycles. The number of nitrogens with zero attached hydrogens (tertiary/aromatic N) is 6. The van der Waals surface area contributed by atoms with Crippen LogP contribution in [-0.2, 0) is 48.0 Å². The van der Waals surface area contributed by atoms with E-state index in [4.69, 9.17) is 14.5 Å². The van der Waals surface area contributed by atoms with Gasteiger partial charge >= 0.3 is 5.97 Å². The van der Waals surface area contributed by atoms with Crippen LogP contribution in [0.4, 0.5) is 5.82 Å². The number of hydrazine groups is 1. The van der Waals surface area contributed by atoms with Gasteiger partial charge in [0.05, 0.1) is 30.3 Å². The number of fused-ring (bicyclic) bond motifs is 6. The van der Waals surface area contributed by atoms with Crippen LogP contribution in [0.1, 0.15) is 87.9 Å². The summed E-state index contributed by atoms with van der Waals surface area (Å²) >= 11 is 0. The molecule has 1 saturated heterocycles. The van der Waals surface area contributed by atoms with Crippen LogP contribution in [0, 0.1) is 11.3 Å². The van der Waals surface area contributed by atoms with Crippen LogP contribution in [0.5, 0.6) is 5.75 Å². The van der Waals surface area contributed by atoms with Gasteiger partial charge in [0, 0.05) is 74.4 Å². The Kier molecular flexibility index (Phi) is 16.1. The van der Waals surface area contributed by atoms with Gasteiger partial charge in [-0.2, -0.15) is 0 Å². The van der Waals surface area contributed by atoms with Crippen molar-refractivity contribution in [3.05, 3.63) is 95.7 Å². The molecule has 0 spiro atoms. The number of hydrogen-bond acceptors (Lipinski definition) is 12. The molecule has 0 saturated carbocycles. The second-order valence-corrected chi connectivity index (χ2v) is 19.9. The Balaban J connectivity index is 1.26. The van der Waals surface area contributed by atoms with Crippen molar-refractivity contribution < 1.29 is 38.6 Å². The van der Waals surface area contributed by atoms with E-state index in [2.05, 4.69) is 69.6 Å². The van der Waals surface area contributed by atoms with Gasteiger partial charge in [0.1, 0.15) is 29.7 Å². The van der Waals surface area contributed by atoms with Crippen LogP contribution in [0.15, 0.2) is 73.1 Å². The lowest BCUT2D eigenvalue weighted by Gasteiger charge is -2.36. The zero-order valence-corrected chi connectivity index (χ0v) is 42.5. The van der Waals surface area contributed by atoms with Crippen LogP contribution in [0.2, 0.25) is 0 Å². The Hall–Kier alpha value is -6.89. The molecule has 71 heavy (non-hydrogen) atoms. The van der Waals surface area contributed by atoms with Crippen LogP contribution in [0.25, 0.3) is 33.3 Å². The quantitative estimate of drug-likeness (QED) is 0.0676. The number of anilines is 1. The number of phenols is 1. The lowest BCUT2D eigenvalue weighted by molar-refractivity contribution is -0.155. The summed E-state index contributed by atoms with van der Waals surface area (Å²) in [7, 11) is 6.90. The molecule has 5 aromatic rings. The molecule has 1 unspecified atom stereocenters. The molecule has 2 aromatic carbocycles. The number of phenolic OH excluding ortho intramolecular Hbond substituents is 1. The molecule has 2 aliphatic rings. The van der Waals surface area contributed by atoms with Gasteiger partial charge < -0.3 is 44.6 Å². The van der Waals surface area contributed by atoms with Crippen LogP contribution in [-0.4, -0.2) is 135 Å². The molecule has 5 N–H and O–H groups in total. The number of hydrogen-bond donors (Lipinski definition) is 5. The van der Waals surface area contributed by atoms with Gasteiger partial charge in [0.15, 0.2) is 5.82 Å². The molecule has 6 bridgehead atoms. The number of carbonyl (C=O) groups excluding carboxylic acids is 5. The number of amides is 4. The smallest absolute Gasteiger partial charge is 0.324 e. The van der Waals surface area contributed by atoms with Crippen molar-refractivity contribution in [1.82, 2.24) is 45.1 Å². The zero-order valence-electron chi connectivity index (χ0n) is 42.5. The number of nitrogens with one attached hydrogen (secondary N) is 4. The number of H-pyrrole nitrogens is 1. The third-order valence-electron chi connectivity index (χ3n) is 13.1. The predicted octanol–water partition coefficient (Wildman–Crippen LogP) is 6.03. The lowest BCUT2D eigenvalue weighted by Crippen LogP contribution is -2.62. The Morgan fingerprint density at radius 1 is 1.06 bits per heavy atom. The summed E-state index contributed by atoms with van der Waals surface area (Å²) in [6, 6.07) is 12.2. The van der Waals surface area contributed by atoms with Crippen molar-refractivity contribution in [3.8, 4) is 28.1 Å². The molecule has 0 aliphatic carbocycles. The number of cyclic esters (lactones) is 1. The van der Waals surface area contributed by atoms with E-state index in [0.29, 0.717) is 43.5 Å². The van der Waals surface area contributed by atoms with E-state index in [9.17, 15) is 29.1 Å². The van der Waals surface area contributed by atoms with Gasteiger partial charge in [-0.25, -0.2) is 10.4 Å². The minimum atomic E-state index is -1.22. The first-order valence-corrected chi connectivity index (χ1v) is 24.2. The Bertz CT molecular complexity index is 2810. The number of likely N-dealkylation sites (N-methyl/N-ethyl adjacent to an activating group) is 2. The summed E-state index contributed by atoms with van der Waals surface area (Å²) in [5, 5.41) is 19.3. The van der Waals surface area contributed by atoms with Crippen molar-refractivity contribution in [1.29, 1.82) is 0 Å². The number of esters is 1. The fraction of sp³-hybridized carbons (Fsp3) is 0.453. The van der Waals surface area contributed by atoms with Crippen molar-refractivity contribution in [3.63, 3.8) is 0 Å². The molecule has 5 heterocycles. The molecule has 18 nitrogen and oxygen atoms in total. The molecule has 1 fully saturated rings. The number of ether oxygens (including phenoxy) is 2. The normalized spacial score (nSPS) is 18.3. The first kappa shape index (κ1) is 51.9. The standard InChI is InChI=1S/C53H68N10O8/c1-11-62-42-19-18-34-27-38(42)39(47(62)37-15-12-20-54-45(37)32(4)70-10)28-53(5,6)30-71-52(69)40-16-13-22-63(59-40)50(67)41(25-33-23-35(34)26-36(64)24-33)56-49(66)46(31(2)3)61(9)51(68)48-55-29-43(58-48)57-44(65)17-14-21-60(7)8/h12,14-15,17-20,23-24,26-27,29,31-32,40-41,46,59,64H,11,13,16,21-22,25,28,30H2,1-10H3,(H,55,58)(H,56,66)(H,57,65)/b17-14+/t32-,40-,41-,46?/m0/s1. The maximum absolute atomic E-state index is 14.8. The van der Waals surface area contributed by atoms with E-state index < -0.39 is 59.1 Å². The highest BCUT2D eigenvalue weighted by molar-refractivity contribution is 6.00. The largest absolute Gasteiger partial charge is 0.508 e. The summed E-state index contributed by atoms with van der Waals surface area (Å²) in [6.07, 6.45) is 7.25. The van der Waals surface area contributed by atoms with E-state index in [1.165, 1.54) is 29.2 Å². The number of aryl methyl sites for hydroxylation is 1. The SMILES string of the molecule is CCn1c(-c2cccnc2[C@H](C)OC)c2c3cc(ccc31)-c1cc(O)cc(c1)C[C@H](NC(=O)C(C(C)C)N(C)C(=O)c1ncc(NC(=O)/C=C/CN(C)C)[nH]1)C(=O)N1CCC[C@H](N1)C(=O)OCC(C)(C)C2. The number of aromatic nitrogens is 4. The first-order valence-electron chi connectivity index (χ1n) is 24.2. The second kappa shape index (κ2) is 22.0. The second-order valence-electron chi connectivity index (χ2n) is 19.9. The van der Waals surface area contributed by atoms with Crippen LogP contribution >= 0.6 is 0 Å². The Labute approximate surface area is 415 Å². The molecular formula is C53H68N10O8. The minimum absolute atomic E-state index is 0.0332. The molecular weight excluding hydrogens is 905 g/mol. The third-order valence-corrected chi connectivity index (χ3v) is 13.1. The highest BCUT2D eigenvalue weighted by atomic mass is 16.5. The molecule has 7 rings (SSSR count). The molecule has 0 radical (unpaired) electrons. The van der Waals surface area contributed by atoms with Crippen molar-refractivity contribution >= 4 is 46.3 Å². The summed E-state index contributed by atoms with van der Waals surface area (Å²) in [4.78, 5) is 84.7. The van der Waals surface area contributed by atoms with E-state index in [1.54, 1.807) is 45.4 Å². The van der Waals surface area contributed by atoms with Crippen molar-refractivity contribution in [2.24, 2.45) is 11.3 Å². The molecule has 4 amide bonds. The maximum Gasteiger partial charge on any atom is 0.324 e. The molecule has 18 heteroatoms. The minimum Gasteiger partial charge on any atom is -0.508 e. The van der Waals surface area contributed by atoms with Gasteiger partial charge in [-0.1, -0.05) is 45.9 Å². The number of aromatic amines is 1. The maximum atomic E-state index is 14.8. The molecule has 2 aliphatic heterocycles. The van der Waals surface area contributed by atoms with Crippen molar-refractivity contribution in [2.45, 2.75) is 98.0 Å². The van der Waals surface area contributed by atoms with E-state index >= 15 is 0 Å². The Morgan fingerprint density at radius 3 is 2.55 bits per heavy atom. The fourth-order valence-electron chi connectivity index (χ4n) is 9.58. The number of pyridine rings is 1. The summed E-state index contributed by atoms with van der Waals surface area (Å²) in [5.41, 5.74) is 9.38. The average Bonchev–Trinajstić information content (AvgIpc) is 3.92. The number of rotatable bonds is 13. The van der Waals surface area contributed by atoms with Crippen LogP contribution in [0.3, 0.4) is 0 Å². The highest BCUT2D eigenvalue weighted by Crippen LogP contribution is 2.42. The van der Waals surface area contributed by atoms with E-state index in [-0.39, 0.29) is 43.1 Å². The summed E-state index contributed by atoms with van der Waals surface area (Å²) in [6.45, 7) is 13.3. The fourth-order valence-corrected chi connectivity index (χ4v) is 9.58. The van der Waals surface area contributed by atoms with Gasteiger partial charge in [-0.15, -0.1) is 0 Å². The molecule has 4 atom stereocenters. The van der Waals surface area contributed by atoms with Gasteiger partial charge in [0.2, 0.25) is 11.8 Å². The topological polar surface area (TPSA) is 216 Å². The zero-order chi connectivity index (χ0) is 51.3. The number of methoxy groups -OCH3 is 1. The van der Waals surface area contributed by atoms with Crippen molar-refractivity contribution in [2.75, 3.05) is 53.3 Å². The van der Waals surface area contributed by atoms with Crippen LogP contribution < -0.4 is 16.1 Å². The predicted molar refractivity (Wildman–Crippen MR) is 271 cm³/mol. The number of aromatic hydroxyl groups is 1. The molecule has 378 valence electrons. The lowest BCUT2D eigenvalue weighted by atomic mass is 9.84. The monoisotopic (exact) mass is 973 g/mol. The third kappa shape index (κ3) is 11.8. The number of imidazole rings is 1. The number of benzene rings is 2. The number of carbonyl (C=O) groups is 5. The highest BCUT2D eigenvalue weighted by Gasteiger charge is 2.38. The van der Waals surface area contributed by atoms with Gasteiger partial charge in [-0.05, 0) is 112 Å². The van der Waals surface area contributed by atoms with Gasteiger partial charge in [0.25, 0.3) is 11.8 Å². The van der Waals surface area contributed by atoms with Gasteiger partial charge in [-0.3, -0.25) is 34.0 Å². The van der Waals surface area contributed by atoms with E-state index in [1.807, 2.05) is 44.1 Å². The summed E-state index contributed by atoms with van der Waals surface area (Å²) in [5.74, 6) is -3.03. The summed E-state index contributed by atoms with van der Waals surface area (Å²) < 4.78 is 14.2. The van der Waals surface area contributed by atoms with E-state index in [0.717, 1.165) is 39.0 Å². The first-order chi connectivity index (χ1) is 33.8.